The van der Waals surface area contributed by atoms with E-state index in [0.29, 0.717) is 0 Å². The first-order valence-electron chi connectivity index (χ1n) is 4.29. The molecule has 1 rings (SSSR count). The molecule has 0 saturated heterocycles. The van der Waals surface area contributed by atoms with Gasteiger partial charge in [-0.25, -0.2) is 4.98 Å². The van der Waals surface area contributed by atoms with E-state index in [-0.39, 0.29) is 5.41 Å². The Morgan fingerprint density at radius 2 is 1.85 bits per heavy atom. The van der Waals surface area contributed by atoms with Gasteiger partial charge in [0, 0.05) is 11.6 Å². The lowest BCUT2D eigenvalue weighted by Crippen LogP contribution is -1.99. The number of hydrogen-bond donors (Lipinski definition) is 0. The lowest BCUT2D eigenvalue weighted by molar-refractivity contribution is 0.571. The monoisotopic (exact) mass is 174 g/mol. The molecule has 1 aromatic heterocycles. The van der Waals surface area contributed by atoms with Gasteiger partial charge in [-0.2, -0.15) is 0 Å². The summed E-state index contributed by atoms with van der Waals surface area (Å²) in [7, 11) is 0. The third-order valence-electron chi connectivity index (χ3n) is 1.35. The Morgan fingerprint density at radius 3 is 2.31 bits per heavy atom. The molecule has 0 N–H and O–H groups in total. The topological polar surface area (TPSA) is 25.8 Å². The molecule has 0 saturated carbocycles. The van der Waals surface area contributed by atoms with Crippen LogP contribution in [0.5, 0.6) is 0 Å². The molecule has 0 atom stereocenters. The van der Waals surface area contributed by atoms with Gasteiger partial charge < -0.3 is 0 Å². The second kappa shape index (κ2) is 3.57. The van der Waals surface area contributed by atoms with Gasteiger partial charge in [0.05, 0.1) is 11.9 Å². The smallest absolute Gasteiger partial charge is 0.131 e. The minimum absolute atomic E-state index is 0.0204. The fraction of sp³-hybridized carbons (Fsp3) is 0.455. The average molecular weight is 174 g/mol. The molecular weight excluding hydrogens is 160 g/mol. The number of hydrogen-bond acceptors (Lipinski definition) is 2. The third-order valence-corrected chi connectivity index (χ3v) is 1.35. The van der Waals surface area contributed by atoms with E-state index >= 15 is 0 Å². The van der Waals surface area contributed by atoms with E-state index in [2.05, 4.69) is 42.6 Å². The summed E-state index contributed by atoms with van der Waals surface area (Å²) in [6.07, 6.45) is 3.43. The average Bonchev–Trinajstić information content (AvgIpc) is 2.02. The van der Waals surface area contributed by atoms with E-state index in [4.69, 9.17) is 0 Å². The van der Waals surface area contributed by atoms with Crippen molar-refractivity contribution in [3.63, 3.8) is 0 Å². The Bertz CT molecular complexity index is 333. The van der Waals surface area contributed by atoms with Crippen LogP contribution in [0.2, 0.25) is 0 Å². The van der Waals surface area contributed by atoms with E-state index in [0.717, 1.165) is 11.4 Å². The number of rotatable bonds is 0. The maximum absolute atomic E-state index is 4.15. The van der Waals surface area contributed by atoms with Crippen LogP contribution in [0.1, 0.15) is 32.2 Å². The Labute approximate surface area is 79.4 Å². The quantitative estimate of drug-likeness (QED) is 0.563. The molecule has 68 valence electrons. The van der Waals surface area contributed by atoms with Crippen molar-refractivity contribution < 1.29 is 0 Å². The predicted octanol–water partition coefficient (Wildman–Crippen LogP) is 2.18. The molecule has 0 aromatic carbocycles. The highest BCUT2D eigenvalue weighted by Gasteiger charge is 2.03. The molecule has 0 bridgehead atoms. The van der Waals surface area contributed by atoms with Crippen LogP contribution >= 0.6 is 0 Å². The van der Waals surface area contributed by atoms with Crippen LogP contribution in [0, 0.1) is 24.2 Å². The van der Waals surface area contributed by atoms with Crippen LogP contribution in [-0.4, -0.2) is 9.97 Å². The molecule has 0 aliphatic heterocycles. The molecule has 1 heterocycles. The van der Waals surface area contributed by atoms with Gasteiger partial charge >= 0.3 is 0 Å². The summed E-state index contributed by atoms with van der Waals surface area (Å²) >= 11 is 0. The zero-order valence-electron chi connectivity index (χ0n) is 8.55. The number of nitrogens with zero attached hydrogens (tertiary/aromatic N) is 2. The second-order valence-corrected chi connectivity index (χ2v) is 4.04. The Balaban J connectivity index is 2.85. The number of aromatic nitrogens is 2. The van der Waals surface area contributed by atoms with Gasteiger partial charge in [-0.15, -0.1) is 0 Å². The molecule has 2 heteroatoms. The molecule has 0 aliphatic rings. The van der Waals surface area contributed by atoms with Crippen LogP contribution in [-0.2, 0) is 0 Å². The lowest BCUT2D eigenvalue weighted by Gasteiger charge is -2.06. The molecule has 0 spiro atoms. The van der Waals surface area contributed by atoms with Crippen molar-refractivity contribution >= 4 is 0 Å². The standard InChI is InChI=1S/C11H14N2/c1-9-7-13-10(8-12-9)5-6-11(2,3)4/h7-8H,1-4H3. The fourth-order valence-electron chi connectivity index (χ4n) is 0.709. The fourth-order valence-corrected chi connectivity index (χ4v) is 0.709. The van der Waals surface area contributed by atoms with Crippen LogP contribution in [0.25, 0.3) is 0 Å². The van der Waals surface area contributed by atoms with Gasteiger partial charge in [0.1, 0.15) is 5.69 Å². The van der Waals surface area contributed by atoms with Crippen molar-refractivity contribution in [3.8, 4) is 11.8 Å². The summed E-state index contributed by atoms with van der Waals surface area (Å²) in [4.78, 5) is 8.26. The van der Waals surface area contributed by atoms with Gasteiger partial charge in [-0.3, -0.25) is 4.98 Å². The van der Waals surface area contributed by atoms with Gasteiger partial charge in [0.15, 0.2) is 0 Å². The minimum atomic E-state index is 0.0204. The summed E-state index contributed by atoms with van der Waals surface area (Å²) in [5, 5.41) is 0. The highest BCUT2D eigenvalue weighted by molar-refractivity contribution is 5.26. The zero-order valence-corrected chi connectivity index (χ0v) is 8.55. The first-order valence-corrected chi connectivity index (χ1v) is 4.29. The Kier molecular flexibility index (Phi) is 2.67. The van der Waals surface area contributed by atoms with Crippen molar-refractivity contribution in [3.05, 3.63) is 23.8 Å². The van der Waals surface area contributed by atoms with Crippen molar-refractivity contribution in [2.24, 2.45) is 5.41 Å². The molecule has 0 aliphatic carbocycles. The molecular formula is C11H14N2. The number of aryl methyl sites for hydroxylation is 1. The Hall–Kier alpha value is -1.36. The minimum Gasteiger partial charge on any atom is -0.257 e. The summed E-state index contributed by atoms with van der Waals surface area (Å²) in [5.74, 6) is 6.09. The van der Waals surface area contributed by atoms with E-state index in [1.165, 1.54) is 0 Å². The van der Waals surface area contributed by atoms with Gasteiger partial charge in [-0.05, 0) is 33.6 Å². The molecule has 0 fully saturated rings. The van der Waals surface area contributed by atoms with Gasteiger partial charge in [-0.1, -0.05) is 5.92 Å². The zero-order chi connectivity index (χ0) is 9.90. The summed E-state index contributed by atoms with van der Waals surface area (Å²) in [6, 6.07) is 0. The molecule has 0 unspecified atom stereocenters. The first-order chi connectivity index (χ1) is 5.97. The molecule has 1 aromatic rings. The van der Waals surface area contributed by atoms with Crippen molar-refractivity contribution in [2.45, 2.75) is 27.7 Å². The maximum atomic E-state index is 4.15. The van der Waals surface area contributed by atoms with Crippen LogP contribution < -0.4 is 0 Å². The molecule has 13 heavy (non-hydrogen) atoms. The van der Waals surface area contributed by atoms with Crippen LogP contribution in [0.3, 0.4) is 0 Å². The highest BCUT2D eigenvalue weighted by atomic mass is 14.8. The SMILES string of the molecule is Cc1cnc(C#CC(C)(C)C)cn1. The third kappa shape index (κ3) is 3.71. The lowest BCUT2D eigenvalue weighted by atomic mass is 9.98. The Morgan fingerprint density at radius 1 is 1.15 bits per heavy atom. The highest BCUT2D eigenvalue weighted by Crippen LogP contribution is 2.10. The largest absolute Gasteiger partial charge is 0.257 e. The molecule has 2 nitrogen and oxygen atoms in total. The van der Waals surface area contributed by atoms with Gasteiger partial charge in [0.2, 0.25) is 0 Å². The van der Waals surface area contributed by atoms with Gasteiger partial charge in [0.25, 0.3) is 0 Å². The van der Waals surface area contributed by atoms with E-state index in [1.807, 2.05) is 6.92 Å². The molecule has 0 radical (unpaired) electrons. The van der Waals surface area contributed by atoms with Crippen molar-refractivity contribution in [1.82, 2.24) is 9.97 Å². The maximum Gasteiger partial charge on any atom is 0.131 e. The first kappa shape index (κ1) is 9.73. The summed E-state index contributed by atoms with van der Waals surface area (Å²) in [5.41, 5.74) is 1.67. The summed E-state index contributed by atoms with van der Waals surface area (Å²) < 4.78 is 0. The van der Waals surface area contributed by atoms with E-state index < -0.39 is 0 Å². The normalized spacial score (nSPS) is 10.5. The second-order valence-electron chi connectivity index (χ2n) is 4.04. The summed E-state index contributed by atoms with van der Waals surface area (Å²) in [6.45, 7) is 8.12. The van der Waals surface area contributed by atoms with Crippen molar-refractivity contribution in [2.75, 3.05) is 0 Å². The van der Waals surface area contributed by atoms with E-state index in [1.54, 1.807) is 12.4 Å². The van der Waals surface area contributed by atoms with Crippen molar-refractivity contribution in [1.29, 1.82) is 0 Å². The predicted molar refractivity (Wildman–Crippen MR) is 53.1 cm³/mol. The van der Waals surface area contributed by atoms with Crippen LogP contribution in [0.15, 0.2) is 12.4 Å². The van der Waals surface area contributed by atoms with E-state index in [9.17, 15) is 0 Å². The van der Waals surface area contributed by atoms with Crippen LogP contribution in [0.4, 0.5) is 0 Å². The molecule has 0 amide bonds.